The summed E-state index contributed by atoms with van der Waals surface area (Å²) in [5.74, 6) is 0.750. The van der Waals surface area contributed by atoms with Crippen molar-refractivity contribution in [2.24, 2.45) is 11.8 Å². The molecule has 0 unspecified atom stereocenters. The fourth-order valence-electron chi connectivity index (χ4n) is 2.02. The van der Waals surface area contributed by atoms with Crippen LogP contribution in [-0.4, -0.2) is 36.0 Å². The second kappa shape index (κ2) is 1.69. The third-order valence-electron chi connectivity index (χ3n) is 2.57. The van der Waals surface area contributed by atoms with Crippen molar-refractivity contribution in [3.05, 3.63) is 10.1 Å². The molecule has 1 saturated heterocycles. The number of fused-ring (bicyclic) bond motifs is 1. The number of hydrogen-bond acceptors (Lipinski definition) is 3. The molecule has 0 amide bonds. The molecule has 2 aliphatic rings. The Kier molecular flexibility index (Phi) is 1.03. The fraction of sp³-hybridized carbons (Fsp3) is 1.00. The van der Waals surface area contributed by atoms with Gasteiger partial charge in [0.2, 0.25) is 6.04 Å². The molecule has 1 heterocycles. The van der Waals surface area contributed by atoms with Crippen LogP contribution in [0.1, 0.15) is 0 Å². The van der Waals surface area contributed by atoms with Crippen LogP contribution in [0.25, 0.3) is 0 Å². The van der Waals surface area contributed by atoms with Crippen molar-refractivity contribution in [3.8, 4) is 0 Å². The summed E-state index contributed by atoms with van der Waals surface area (Å²) in [4.78, 5) is 12.3. The van der Waals surface area contributed by atoms with E-state index in [0.717, 1.165) is 13.1 Å². The topological polar surface area (TPSA) is 46.4 Å². The summed E-state index contributed by atoms with van der Waals surface area (Å²) in [6, 6.07) is -0.198. The van der Waals surface area contributed by atoms with E-state index < -0.39 is 0 Å². The standard InChI is InChI=1S/C6H10N2O2/c1-7-2-4-5(3-7)6(4)8(9)10/h4-6H,2-3H2,1H3/t4-,5+,6+. The van der Waals surface area contributed by atoms with Crippen molar-refractivity contribution in [1.82, 2.24) is 4.90 Å². The normalized spacial score (nSPS) is 45.1. The Bertz CT molecular complexity index is 171. The average molecular weight is 142 g/mol. The van der Waals surface area contributed by atoms with E-state index in [1.54, 1.807) is 0 Å². The summed E-state index contributed by atoms with van der Waals surface area (Å²) in [6.07, 6.45) is 0. The van der Waals surface area contributed by atoms with Gasteiger partial charge in [-0.15, -0.1) is 0 Å². The van der Waals surface area contributed by atoms with Crippen molar-refractivity contribution in [2.45, 2.75) is 6.04 Å². The maximum Gasteiger partial charge on any atom is 0.222 e. The highest BCUT2D eigenvalue weighted by Crippen LogP contribution is 2.46. The van der Waals surface area contributed by atoms with Crippen molar-refractivity contribution in [1.29, 1.82) is 0 Å². The van der Waals surface area contributed by atoms with E-state index in [4.69, 9.17) is 0 Å². The van der Waals surface area contributed by atoms with Crippen LogP contribution < -0.4 is 0 Å². The van der Waals surface area contributed by atoms with Gasteiger partial charge in [0.25, 0.3) is 0 Å². The van der Waals surface area contributed by atoms with E-state index in [-0.39, 0.29) is 11.0 Å². The van der Waals surface area contributed by atoms with Gasteiger partial charge >= 0.3 is 0 Å². The molecule has 10 heavy (non-hydrogen) atoms. The van der Waals surface area contributed by atoms with Crippen LogP contribution in [0.4, 0.5) is 0 Å². The van der Waals surface area contributed by atoms with Gasteiger partial charge in [0, 0.05) is 18.0 Å². The van der Waals surface area contributed by atoms with Crippen LogP contribution in [0.2, 0.25) is 0 Å². The number of rotatable bonds is 1. The van der Waals surface area contributed by atoms with Gasteiger partial charge in [-0.1, -0.05) is 0 Å². The Labute approximate surface area is 59.0 Å². The molecule has 1 aliphatic heterocycles. The molecule has 0 aromatic rings. The second-order valence-electron chi connectivity index (χ2n) is 3.32. The first-order chi connectivity index (χ1) is 4.70. The Morgan fingerprint density at radius 2 is 2.00 bits per heavy atom. The molecule has 3 atom stereocenters. The molecule has 0 aromatic heterocycles. The highest BCUT2D eigenvalue weighted by molar-refractivity contribution is 5.05. The monoisotopic (exact) mass is 142 g/mol. The Morgan fingerprint density at radius 1 is 1.50 bits per heavy atom. The van der Waals surface area contributed by atoms with Crippen LogP contribution in [0, 0.1) is 22.0 Å². The summed E-state index contributed by atoms with van der Waals surface area (Å²) >= 11 is 0. The first kappa shape index (κ1) is 6.09. The summed E-state index contributed by atoms with van der Waals surface area (Å²) in [6.45, 7) is 1.85. The Morgan fingerprint density at radius 3 is 2.40 bits per heavy atom. The third-order valence-corrected chi connectivity index (χ3v) is 2.57. The van der Waals surface area contributed by atoms with E-state index in [0.29, 0.717) is 11.8 Å². The molecule has 0 bridgehead atoms. The van der Waals surface area contributed by atoms with Crippen LogP contribution >= 0.6 is 0 Å². The molecule has 1 saturated carbocycles. The molecule has 2 rings (SSSR count). The van der Waals surface area contributed by atoms with E-state index >= 15 is 0 Å². The largest absolute Gasteiger partial charge is 0.305 e. The number of piperidine rings is 1. The van der Waals surface area contributed by atoms with Crippen LogP contribution in [0.3, 0.4) is 0 Å². The molecule has 0 N–H and O–H groups in total. The maximum atomic E-state index is 10.3. The molecule has 4 heteroatoms. The smallest absolute Gasteiger partial charge is 0.222 e. The second-order valence-corrected chi connectivity index (χ2v) is 3.32. The zero-order valence-corrected chi connectivity index (χ0v) is 5.86. The highest BCUT2D eigenvalue weighted by Gasteiger charge is 2.63. The zero-order valence-electron chi connectivity index (χ0n) is 5.86. The third kappa shape index (κ3) is 0.653. The number of nitrogens with zero attached hydrogens (tertiary/aromatic N) is 2. The first-order valence-electron chi connectivity index (χ1n) is 3.52. The van der Waals surface area contributed by atoms with Gasteiger partial charge in [0.05, 0.1) is 11.8 Å². The van der Waals surface area contributed by atoms with Gasteiger partial charge < -0.3 is 4.90 Å². The summed E-state index contributed by atoms with van der Waals surface area (Å²) in [5, 5.41) is 10.3. The predicted molar refractivity (Wildman–Crippen MR) is 35.3 cm³/mol. The lowest BCUT2D eigenvalue weighted by atomic mass is 10.4. The molecule has 1 aliphatic carbocycles. The lowest BCUT2D eigenvalue weighted by Crippen LogP contribution is -2.23. The van der Waals surface area contributed by atoms with E-state index in [9.17, 15) is 10.1 Å². The molecule has 0 spiro atoms. The summed E-state index contributed by atoms with van der Waals surface area (Å²) in [7, 11) is 2.02. The minimum absolute atomic E-state index is 0.123. The van der Waals surface area contributed by atoms with E-state index in [1.807, 2.05) is 7.05 Å². The SMILES string of the molecule is CN1C[C@@H]2[C@H](C1)[C@H]2[N+](=O)[O-]. The molecular weight excluding hydrogens is 132 g/mol. The lowest BCUT2D eigenvalue weighted by Gasteiger charge is -2.08. The van der Waals surface area contributed by atoms with E-state index in [2.05, 4.69) is 4.90 Å². The average Bonchev–Trinajstić information content (AvgIpc) is 2.32. The lowest BCUT2D eigenvalue weighted by molar-refractivity contribution is -0.502. The first-order valence-corrected chi connectivity index (χ1v) is 3.52. The van der Waals surface area contributed by atoms with Gasteiger partial charge in [-0.25, -0.2) is 0 Å². The van der Waals surface area contributed by atoms with Crippen LogP contribution in [0.5, 0.6) is 0 Å². The maximum absolute atomic E-state index is 10.3. The van der Waals surface area contributed by atoms with Crippen molar-refractivity contribution >= 4 is 0 Å². The quantitative estimate of drug-likeness (QED) is 0.377. The fourth-order valence-corrected chi connectivity index (χ4v) is 2.02. The van der Waals surface area contributed by atoms with Gasteiger partial charge in [-0.3, -0.25) is 10.1 Å². The minimum atomic E-state index is -0.198. The van der Waals surface area contributed by atoms with E-state index in [1.165, 1.54) is 0 Å². The molecule has 2 fully saturated rings. The molecule has 4 nitrogen and oxygen atoms in total. The minimum Gasteiger partial charge on any atom is -0.305 e. The van der Waals surface area contributed by atoms with Crippen molar-refractivity contribution in [3.63, 3.8) is 0 Å². The summed E-state index contributed by atoms with van der Waals surface area (Å²) in [5.41, 5.74) is 0. The molecular formula is C6H10N2O2. The van der Waals surface area contributed by atoms with Gasteiger partial charge in [0.1, 0.15) is 0 Å². The van der Waals surface area contributed by atoms with Gasteiger partial charge in [0.15, 0.2) is 0 Å². The van der Waals surface area contributed by atoms with Crippen LogP contribution in [-0.2, 0) is 0 Å². The number of likely N-dealkylation sites (tertiary alicyclic amines) is 1. The number of hydrogen-bond donors (Lipinski definition) is 0. The van der Waals surface area contributed by atoms with Gasteiger partial charge in [-0.2, -0.15) is 0 Å². The Balaban J connectivity index is 1.98. The molecule has 0 radical (unpaired) electrons. The Hall–Kier alpha value is -0.640. The molecule has 56 valence electrons. The van der Waals surface area contributed by atoms with Crippen molar-refractivity contribution in [2.75, 3.05) is 20.1 Å². The number of nitro groups is 1. The summed E-state index contributed by atoms with van der Waals surface area (Å²) < 4.78 is 0. The molecule has 0 aromatic carbocycles. The van der Waals surface area contributed by atoms with Crippen LogP contribution in [0.15, 0.2) is 0 Å². The zero-order chi connectivity index (χ0) is 7.30. The van der Waals surface area contributed by atoms with Crippen molar-refractivity contribution < 1.29 is 4.92 Å². The van der Waals surface area contributed by atoms with Gasteiger partial charge in [-0.05, 0) is 7.05 Å². The highest BCUT2D eigenvalue weighted by atomic mass is 16.6. The predicted octanol–water partition coefficient (Wildman–Crippen LogP) is -0.177.